The number of aromatic nitrogens is 3. The van der Waals surface area contributed by atoms with Gasteiger partial charge in [-0.05, 0) is 19.1 Å². The molecule has 1 aromatic heterocycles. The molecule has 0 bridgehead atoms. The van der Waals surface area contributed by atoms with E-state index in [1.165, 1.54) is 19.2 Å². The summed E-state index contributed by atoms with van der Waals surface area (Å²) in [5.41, 5.74) is 0. The molecule has 0 radical (unpaired) electrons. The van der Waals surface area contributed by atoms with E-state index in [-0.39, 0.29) is 17.2 Å². The van der Waals surface area contributed by atoms with Gasteiger partial charge in [-0.2, -0.15) is 9.40 Å². The predicted octanol–water partition coefficient (Wildman–Crippen LogP) is 0.639. The van der Waals surface area contributed by atoms with E-state index in [0.717, 1.165) is 4.31 Å². The molecule has 0 saturated heterocycles. The molecule has 19 heavy (non-hydrogen) atoms. The maximum absolute atomic E-state index is 12.3. The first-order chi connectivity index (χ1) is 8.91. The lowest BCUT2D eigenvalue weighted by atomic mass is 10.3. The van der Waals surface area contributed by atoms with E-state index in [9.17, 15) is 13.5 Å². The first-order valence-electron chi connectivity index (χ1n) is 5.53. The Hall–Kier alpha value is -1.93. The van der Waals surface area contributed by atoms with Gasteiger partial charge in [-0.15, -0.1) is 0 Å². The summed E-state index contributed by atoms with van der Waals surface area (Å²) in [5.74, 6) is 0.711. The van der Waals surface area contributed by atoms with Gasteiger partial charge in [-0.1, -0.05) is 12.1 Å². The molecule has 0 unspecified atom stereocenters. The van der Waals surface area contributed by atoms with Gasteiger partial charge < -0.3 is 5.11 Å². The number of hydrogen-bond acceptors (Lipinski definition) is 5. The Labute approximate surface area is 111 Å². The van der Waals surface area contributed by atoms with E-state index >= 15 is 0 Å². The molecule has 8 heteroatoms. The molecule has 0 atom stereocenters. The smallest absolute Gasteiger partial charge is 0.246 e. The second kappa shape index (κ2) is 4.98. The molecule has 0 spiro atoms. The third-order valence-corrected chi connectivity index (χ3v) is 4.41. The van der Waals surface area contributed by atoms with Crippen molar-refractivity contribution in [2.45, 2.75) is 18.4 Å². The minimum Gasteiger partial charge on any atom is -0.507 e. The SMILES string of the molecule is Cc1nc(CN(C)S(=O)(=O)c2ccccc2O)n[nH]1. The van der Waals surface area contributed by atoms with Crippen LogP contribution in [0.5, 0.6) is 5.75 Å². The fourth-order valence-electron chi connectivity index (χ4n) is 1.59. The van der Waals surface area contributed by atoms with Gasteiger partial charge in [0.05, 0.1) is 6.54 Å². The zero-order valence-corrected chi connectivity index (χ0v) is 11.3. The molecule has 1 heterocycles. The van der Waals surface area contributed by atoms with Crippen molar-refractivity contribution in [2.24, 2.45) is 0 Å². The number of aryl methyl sites for hydroxylation is 1. The second-order valence-corrected chi connectivity index (χ2v) is 6.08. The molecule has 2 aromatic rings. The maximum atomic E-state index is 12.3. The molecule has 0 aliphatic rings. The number of sulfonamides is 1. The van der Waals surface area contributed by atoms with Crippen LogP contribution < -0.4 is 0 Å². The highest BCUT2D eigenvalue weighted by molar-refractivity contribution is 7.89. The standard InChI is InChI=1S/C11H14N4O3S/c1-8-12-11(14-13-8)7-15(2)19(17,18)10-6-4-3-5-9(10)16/h3-6,16H,7H2,1-2H3,(H,12,13,14). The van der Waals surface area contributed by atoms with Crippen molar-refractivity contribution >= 4 is 10.0 Å². The van der Waals surface area contributed by atoms with Crippen molar-refractivity contribution in [3.63, 3.8) is 0 Å². The fourth-order valence-corrected chi connectivity index (χ4v) is 2.79. The van der Waals surface area contributed by atoms with Crippen LogP contribution in [0.3, 0.4) is 0 Å². The van der Waals surface area contributed by atoms with E-state index in [0.29, 0.717) is 11.6 Å². The van der Waals surface area contributed by atoms with E-state index in [1.807, 2.05) is 0 Å². The molecule has 0 fully saturated rings. The molecule has 0 saturated carbocycles. The minimum atomic E-state index is -3.77. The quantitative estimate of drug-likeness (QED) is 0.857. The average Bonchev–Trinajstić information content (AvgIpc) is 2.75. The Bertz CT molecular complexity index is 681. The van der Waals surface area contributed by atoms with Gasteiger partial charge in [-0.25, -0.2) is 13.4 Å². The van der Waals surface area contributed by atoms with Gasteiger partial charge >= 0.3 is 0 Å². The molecule has 102 valence electrons. The lowest BCUT2D eigenvalue weighted by Gasteiger charge is -2.16. The molecular weight excluding hydrogens is 268 g/mol. The number of phenols is 1. The molecule has 0 amide bonds. The summed E-state index contributed by atoms with van der Waals surface area (Å²) in [7, 11) is -2.36. The Kier molecular flexibility index (Phi) is 3.54. The number of nitrogens with zero attached hydrogens (tertiary/aromatic N) is 3. The summed E-state index contributed by atoms with van der Waals surface area (Å²) < 4.78 is 25.6. The molecule has 7 nitrogen and oxygen atoms in total. The fraction of sp³-hybridized carbons (Fsp3) is 0.273. The number of hydrogen-bond donors (Lipinski definition) is 2. The summed E-state index contributed by atoms with van der Waals surface area (Å²) in [5, 5.41) is 16.1. The number of rotatable bonds is 4. The van der Waals surface area contributed by atoms with Crippen LogP contribution in [0.15, 0.2) is 29.2 Å². The first-order valence-corrected chi connectivity index (χ1v) is 6.97. The second-order valence-electron chi connectivity index (χ2n) is 4.07. The number of para-hydroxylation sites is 1. The van der Waals surface area contributed by atoms with Crippen LogP contribution in [0.25, 0.3) is 0 Å². The van der Waals surface area contributed by atoms with Gasteiger partial charge in [0, 0.05) is 7.05 Å². The average molecular weight is 282 g/mol. The minimum absolute atomic E-state index is 0.0288. The monoisotopic (exact) mass is 282 g/mol. The Balaban J connectivity index is 2.27. The third-order valence-electron chi connectivity index (χ3n) is 2.56. The first kappa shape index (κ1) is 13.5. The molecule has 0 aliphatic heterocycles. The lowest BCUT2D eigenvalue weighted by Crippen LogP contribution is -2.27. The van der Waals surface area contributed by atoms with Crippen LogP contribution in [0.2, 0.25) is 0 Å². The summed E-state index contributed by atoms with van der Waals surface area (Å²) in [6, 6.07) is 5.80. The largest absolute Gasteiger partial charge is 0.507 e. The summed E-state index contributed by atoms with van der Waals surface area (Å²) in [6.45, 7) is 1.76. The van der Waals surface area contributed by atoms with Gasteiger partial charge in [-0.3, -0.25) is 5.10 Å². The van der Waals surface area contributed by atoms with E-state index in [1.54, 1.807) is 19.1 Å². The van der Waals surface area contributed by atoms with Crippen molar-refractivity contribution in [1.82, 2.24) is 19.5 Å². The van der Waals surface area contributed by atoms with Crippen LogP contribution >= 0.6 is 0 Å². The number of H-pyrrole nitrogens is 1. The lowest BCUT2D eigenvalue weighted by molar-refractivity contribution is 0.435. The Morgan fingerprint density at radius 2 is 2.05 bits per heavy atom. The van der Waals surface area contributed by atoms with E-state index in [2.05, 4.69) is 15.2 Å². The number of aromatic hydroxyl groups is 1. The van der Waals surface area contributed by atoms with E-state index in [4.69, 9.17) is 0 Å². The highest BCUT2D eigenvalue weighted by Gasteiger charge is 2.24. The number of benzene rings is 1. The maximum Gasteiger partial charge on any atom is 0.246 e. The van der Waals surface area contributed by atoms with Crippen LogP contribution in [0.4, 0.5) is 0 Å². The zero-order chi connectivity index (χ0) is 14.0. The topological polar surface area (TPSA) is 99.2 Å². The summed E-state index contributed by atoms with van der Waals surface area (Å²) in [6.07, 6.45) is 0. The van der Waals surface area contributed by atoms with Gasteiger partial charge in [0.2, 0.25) is 10.0 Å². The number of aromatic amines is 1. The molecule has 2 N–H and O–H groups in total. The van der Waals surface area contributed by atoms with Crippen LogP contribution in [-0.2, 0) is 16.6 Å². The van der Waals surface area contributed by atoms with Gasteiger partial charge in [0.25, 0.3) is 0 Å². The van der Waals surface area contributed by atoms with Gasteiger partial charge in [0.15, 0.2) is 5.82 Å². The van der Waals surface area contributed by atoms with E-state index < -0.39 is 10.0 Å². The third kappa shape index (κ3) is 2.74. The van der Waals surface area contributed by atoms with Gasteiger partial charge in [0.1, 0.15) is 16.5 Å². The van der Waals surface area contributed by atoms with Crippen molar-refractivity contribution in [3.8, 4) is 5.75 Å². The molecular formula is C11H14N4O3S. The van der Waals surface area contributed by atoms with Crippen LogP contribution in [-0.4, -0.2) is 40.1 Å². The number of phenolic OH excluding ortho intramolecular Hbond substituents is 1. The molecule has 2 rings (SSSR count). The van der Waals surface area contributed by atoms with Crippen molar-refractivity contribution in [3.05, 3.63) is 35.9 Å². The van der Waals surface area contributed by atoms with Crippen molar-refractivity contribution in [1.29, 1.82) is 0 Å². The summed E-state index contributed by atoms with van der Waals surface area (Å²) in [4.78, 5) is 3.91. The molecule has 1 aromatic carbocycles. The summed E-state index contributed by atoms with van der Waals surface area (Å²) >= 11 is 0. The molecule has 0 aliphatic carbocycles. The van der Waals surface area contributed by atoms with Crippen LogP contribution in [0, 0.1) is 6.92 Å². The predicted molar refractivity (Wildman–Crippen MR) is 67.9 cm³/mol. The Morgan fingerprint density at radius 3 is 2.63 bits per heavy atom. The highest BCUT2D eigenvalue weighted by atomic mass is 32.2. The number of nitrogens with one attached hydrogen (secondary N) is 1. The highest BCUT2D eigenvalue weighted by Crippen LogP contribution is 2.24. The van der Waals surface area contributed by atoms with Crippen molar-refractivity contribution < 1.29 is 13.5 Å². The zero-order valence-electron chi connectivity index (χ0n) is 10.5. The van der Waals surface area contributed by atoms with Crippen LogP contribution in [0.1, 0.15) is 11.6 Å². The normalized spacial score (nSPS) is 11.9. The van der Waals surface area contributed by atoms with Crippen molar-refractivity contribution in [2.75, 3.05) is 7.05 Å². The Morgan fingerprint density at radius 1 is 1.37 bits per heavy atom.